The normalized spacial score (nSPS) is 10.7. The summed E-state index contributed by atoms with van der Waals surface area (Å²) in [5.74, 6) is 0. The molecule has 0 radical (unpaired) electrons. The molecule has 18 heavy (non-hydrogen) atoms. The molecule has 4 heteroatoms. The van der Waals surface area contributed by atoms with Gasteiger partial charge in [-0.15, -0.1) is 4.79 Å². The minimum absolute atomic E-state index is 0.166. The monoisotopic (exact) mass is 240 g/mol. The van der Waals surface area contributed by atoms with Crippen LogP contribution in [0.15, 0.2) is 59.5 Å². The summed E-state index contributed by atoms with van der Waals surface area (Å²) in [5.41, 5.74) is 0.311. The van der Waals surface area contributed by atoms with Crippen LogP contribution < -0.4 is 5.56 Å². The predicted molar refractivity (Wildman–Crippen MR) is 67.9 cm³/mol. The summed E-state index contributed by atoms with van der Waals surface area (Å²) in [6.45, 7) is 0. The third-order valence-electron chi connectivity index (χ3n) is 2.80. The second-order valence-electron chi connectivity index (χ2n) is 3.92. The molecule has 88 valence electrons. The molecule has 1 aromatic carbocycles. The highest BCUT2D eigenvalue weighted by molar-refractivity contribution is 5.83. The van der Waals surface area contributed by atoms with Crippen LogP contribution >= 0.6 is 0 Å². The Bertz CT molecular complexity index is 766. The number of hydrogen-bond acceptors (Lipinski definition) is 2. The fraction of sp³-hybridized carbons (Fsp3) is 0. The zero-order chi connectivity index (χ0) is 12.5. The summed E-state index contributed by atoms with van der Waals surface area (Å²) in [4.78, 5) is 16.2. The average molecular weight is 240 g/mol. The summed E-state index contributed by atoms with van der Waals surface area (Å²) in [6.07, 6.45) is 1.58. The van der Waals surface area contributed by atoms with Crippen molar-refractivity contribution in [3.63, 3.8) is 0 Å². The topological polar surface area (TPSA) is 34.9 Å². The number of hydrogen-bond donors (Lipinski definition) is 0. The number of halogens is 1. The first-order valence-corrected chi connectivity index (χ1v) is 5.50. The Balaban J connectivity index is 2.38. The Morgan fingerprint density at radius 1 is 1.06 bits per heavy atom. The van der Waals surface area contributed by atoms with Crippen molar-refractivity contribution in [1.29, 1.82) is 0 Å². The number of fused-ring (bicyclic) bond motifs is 1. The number of pyridine rings is 2. The van der Waals surface area contributed by atoms with Gasteiger partial charge in [-0.25, -0.2) is 0 Å². The van der Waals surface area contributed by atoms with Gasteiger partial charge in [-0.1, -0.05) is 28.7 Å². The Morgan fingerprint density at radius 3 is 2.61 bits per heavy atom. The van der Waals surface area contributed by atoms with Crippen molar-refractivity contribution >= 4 is 10.9 Å². The van der Waals surface area contributed by atoms with Crippen LogP contribution in [-0.4, -0.2) is 9.77 Å². The van der Waals surface area contributed by atoms with Crippen molar-refractivity contribution in [2.45, 2.75) is 0 Å². The number of nitrogens with zero attached hydrogens (tertiary/aromatic N) is 2. The molecular weight excluding hydrogens is 231 g/mol. The van der Waals surface area contributed by atoms with Crippen molar-refractivity contribution in [2.75, 3.05) is 0 Å². The number of benzene rings is 1. The highest BCUT2D eigenvalue weighted by Gasteiger charge is 2.10. The van der Waals surface area contributed by atoms with Gasteiger partial charge in [-0.2, -0.15) is 0 Å². The van der Waals surface area contributed by atoms with E-state index >= 15 is 0 Å². The van der Waals surface area contributed by atoms with Crippen LogP contribution in [0, 0.1) is 0 Å². The summed E-state index contributed by atoms with van der Waals surface area (Å²) in [6, 6.07) is 13.7. The summed E-state index contributed by atoms with van der Waals surface area (Å²) >= 11 is 0. The van der Waals surface area contributed by atoms with Gasteiger partial charge >= 0.3 is 0 Å². The van der Waals surface area contributed by atoms with Crippen molar-refractivity contribution in [1.82, 2.24) is 9.77 Å². The van der Waals surface area contributed by atoms with E-state index in [1.54, 1.807) is 54.7 Å². The standard InChI is InChI=1S/C14H9FN2O/c15-17-13-7-2-1-5-10(13)9-11(14(17)18)12-6-3-4-8-16-12/h1-9H. The van der Waals surface area contributed by atoms with Gasteiger partial charge < -0.3 is 0 Å². The zero-order valence-corrected chi connectivity index (χ0v) is 9.38. The first kappa shape index (κ1) is 10.7. The minimum Gasteiger partial charge on any atom is -0.266 e. The summed E-state index contributed by atoms with van der Waals surface area (Å²) in [7, 11) is 0. The van der Waals surface area contributed by atoms with E-state index in [4.69, 9.17) is 0 Å². The van der Waals surface area contributed by atoms with E-state index in [1.807, 2.05) is 0 Å². The highest BCUT2D eigenvalue weighted by Crippen LogP contribution is 2.19. The minimum atomic E-state index is -0.688. The van der Waals surface area contributed by atoms with E-state index in [2.05, 4.69) is 4.98 Å². The Labute approximate surface area is 102 Å². The van der Waals surface area contributed by atoms with E-state index in [0.29, 0.717) is 11.1 Å². The molecule has 0 fully saturated rings. The molecule has 0 aliphatic heterocycles. The zero-order valence-electron chi connectivity index (χ0n) is 9.38. The van der Waals surface area contributed by atoms with Gasteiger partial charge in [0, 0.05) is 11.6 Å². The Morgan fingerprint density at radius 2 is 1.83 bits per heavy atom. The third-order valence-corrected chi connectivity index (χ3v) is 2.80. The molecule has 0 spiro atoms. The van der Waals surface area contributed by atoms with Crippen LogP contribution in [-0.2, 0) is 0 Å². The number of rotatable bonds is 1. The fourth-order valence-electron chi connectivity index (χ4n) is 1.93. The molecule has 0 aliphatic carbocycles. The maximum absolute atomic E-state index is 13.9. The smallest absolute Gasteiger partial charge is 0.266 e. The van der Waals surface area contributed by atoms with Gasteiger partial charge in [0.1, 0.15) is 0 Å². The maximum Gasteiger partial charge on any atom is 0.288 e. The van der Waals surface area contributed by atoms with E-state index in [0.717, 1.165) is 0 Å². The highest BCUT2D eigenvalue weighted by atomic mass is 19.2. The SMILES string of the molecule is O=c1c(-c2ccccn2)cc2ccccc2n1F. The van der Waals surface area contributed by atoms with Gasteiger partial charge in [-0.3, -0.25) is 9.78 Å². The van der Waals surface area contributed by atoms with Crippen LogP contribution in [0.4, 0.5) is 4.48 Å². The largest absolute Gasteiger partial charge is 0.288 e. The molecule has 2 aromatic heterocycles. The summed E-state index contributed by atoms with van der Waals surface area (Å²) in [5, 5.41) is 0.667. The average Bonchev–Trinajstić information content (AvgIpc) is 2.44. The summed E-state index contributed by atoms with van der Waals surface area (Å²) < 4.78 is 13.9. The van der Waals surface area contributed by atoms with E-state index < -0.39 is 5.56 Å². The molecule has 2 heterocycles. The fourth-order valence-corrected chi connectivity index (χ4v) is 1.93. The van der Waals surface area contributed by atoms with Gasteiger partial charge in [0.15, 0.2) is 0 Å². The first-order valence-electron chi connectivity index (χ1n) is 5.50. The van der Waals surface area contributed by atoms with Crippen LogP contribution in [0.25, 0.3) is 22.2 Å². The second-order valence-corrected chi connectivity index (χ2v) is 3.92. The molecule has 3 nitrogen and oxygen atoms in total. The quantitative estimate of drug-likeness (QED) is 0.655. The molecule has 0 N–H and O–H groups in total. The molecule has 0 saturated carbocycles. The Kier molecular flexibility index (Phi) is 2.41. The molecule has 0 bridgehead atoms. The van der Waals surface area contributed by atoms with E-state index in [9.17, 15) is 9.28 Å². The first-order chi connectivity index (χ1) is 8.77. The predicted octanol–water partition coefficient (Wildman–Crippen LogP) is 2.80. The molecule has 0 aliphatic rings. The molecule has 0 unspecified atom stereocenters. The van der Waals surface area contributed by atoms with Gasteiger partial charge in [0.05, 0.1) is 16.8 Å². The lowest BCUT2D eigenvalue weighted by Crippen LogP contribution is -2.16. The second kappa shape index (κ2) is 4.07. The molecule has 3 aromatic rings. The third kappa shape index (κ3) is 1.59. The van der Waals surface area contributed by atoms with E-state index in [-0.39, 0.29) is 15.9 Å². The van der Waals surface area contributed by atoms with Crippen molar-refractivity contribution in [3.8, 4) is 11.3 Å². The van der Waals surface area contributed by atoms with Crippen molar-refractivity contribution in [2.24, 2.45) is 0 Å². The van der Waals surface area contributed by atoms with Crippen LogP contribution in [0.3, 0.4) is 0 Å². The Hall–Kier alpha value is -2.49. The molecule has 0 atom stereocenters. The molecular formula is C14H9FN2O. The molecule has 0 saturated heterocycles. The van der Waals surface area contributed by atoms with E-state index in [1.165, 1.54) is 0 Å². The molecule has 3 rings (SSSR count). The van der Waals surface area contributed by atoms with Crippen LogP contribution in [0.1, 0.15) is 0 Å². The van der Waals surface area contributed by atoms with Gasteiger partial charge in [0.2, 0.25) is 0 Å². The lowest BCUT2D eigenvalue weighted by Gasteiger charge is -2.05. The lowest BCUT2D eigenvalue weighted by atomic mass is 10.1. The lowest BCUT2D eigenvalue weighted by molar-refractivity contribution is 0.372. The number of para-hydroxylation sites is 1. The van der Waals surface area contributed by atoms with Crippen molar-refractivity contribution < 1.29 is 4.48 Å². The number of aromatic nitrogens is 2. The maximum atomic E-state index is 13.9. The van der Waals surface area contributed by atoms with Crippen LogP contribution in [0.5, 0.6) is 0 Å². The van der Waals surface area contributed by atoms with Crippen molar-refractivity contribution in [3.05, 3.63) is 65.1 Å². The van der Waals surface area contributed by atoms with Gasteiger partial charge in [-0.05, 0) is 24.3 Å². The van der Waals surface area contributed by atoms with Gasteiger partial charge in [0.25, 0.3) is 5.56 Å². The van der Waals surface area contributed by atoms with Crippen LogP contribution in [0.2, 0.25) is 0 Å². The molecule has 0 amide bonds.